The van der Waals surface area contributed by atoms with E-state index < -0.39 is 0 Å². The number of likely N-dealkylation sites (tertiary alicyclic amines) is 3. The quantitative estimate of drug-likeness (QED) is 0.790. The van der Waals surface area contributed by atoms with Crippen LogP contribution < -0.4 is 0 Å². The highest BCUT2D eigenvalue weighted by atomic mass is 15.4. The van der Waals surface area contributed by atoms with E-state index in [2.05, 4.69) is 42.4 Å². The van der Waals surface area contributed by atoms with Gasteiger partial charge in [0.05, 0.1) is 0 Å². The largest absolute Gasteiger partial charge is 0.301 e. The zero-order valence-electron chi connectivity index (χ0n) is 15.4. The summed E-state index contributed by atoms with van der Waals surface area (Å²) >= 11 is 0. The van der Waals surface area contributed by atoms with Crippen molar-refractivity contribution in [3.05, 3.63) is 0 Å². The first-order valence-electron chi connectivity index (χ1n) is 9.73. The predicted molar refractivity (Wildman–Crippen MR) is 94.3 cm³/mol. The van der Waals surface area contributed by atoms with Crippen LogP contribution >= 0.6 is 0 Å². The summed E-state index contributed by atoms with van der Waals surface area (Å²) in [6.45, 7) is 17.4. The van der Waals surface area contributed by atoms with E-state index in [9.17, 15) is 0 Å². The molecule has 128 valence electrons. The fraction of sp³-hybridized carbons (Fsp3) is 1.00. The Balaban J connectivity index is 1.53. The Bertz CT molecular complexity index is 352. The van der Waals surface area contributed by atoms with Crippen molar-refractivity contribution in [1.82, 2.24) is 14.7 Å². The Kier molecular flexibility index (Phi) is 5.16. The Labute approximate surface area is 138 Å². The molecule has 3 heteroatoms. The Hall–Kier alpha value is -0.120. The molecule has 0 atom stereocenters. The Morgan fingerprint density at radius 2 is 1.50 bits per heavy atom. The molecule has 0 aromatic rings. The summed E-state index contributed by atoms with van der Waals surface area (Å²) in [5.41, 5.74) is 0.553. The third-order valence-corrected chi connectivity index (χ3v) is 6.57. The second kappa shape index (κ2) is 6.78. The SMILES string of the molecule is CC(C)N1CCC(CN2CCCCC23CN(C(C)C)C3)CC1. The van der Waals surface area contributed by atoms with Crippen molar-refractivity contribution in [2.75, 3.05) is 39.3 Å². The van der Waals surface area contributed by atoms with Gasteiger partial charge in [-0.05, 0) is 78.9 Å². The fourth-order valence-corrected chi connectivity index (χ4v) is 4.83. The number of piperidine rings is 2. The van der Waals surface area contributed by atoms with Crippen molar-refractivity contribution in [1.29, 1.82) is 0 Å². The third-order valence-electron chi connectivity index (χ3n) is 6.57. The normalized spacial score (nSPS) is 28.6. The number of rotatable bonds is 4. The van der Waals surface area contributed by atoms with Crippen LogP contribution in [0.25, 0.3) is 0 Å². The van der Waals surface area contributed by atoms with Gasteiger partial charge in [0.1, 0.15) is 0 Å². The molecule has 3 aliphatic heterocycles. The van der Waals surface area contributed by atoms with Gasteiger partial charge in [0.25, 0.3) is 0 Å². The molecule has 0 aromatic carbocycles. The van der Waals surface area contributed by atoms with Gasteiger partial charge in [-0.25, -0.2) is 0 Å². The van der Waals surface area contributed by atoms with Gasteiger partial charge in [-0.2, -0.15) is 0 Å². The van der Waals surface area contributed by atoms with Crippen molar-refractivity contribution in [2.45, 2.75) is 77.4 Å². The van der Waals surface area contributed by atoms with E-state index in [4.69, 9.17) is 0 Å². The molecule has 0 aromatic heterocycles. The number of nitrogens with zero attached hydrogens (tertiary/aromatic N) is 3. The Morgan fingerprint density at radius 3 is 2.09 bits per heavy atom. The van der Waals surface area contributed by atoms with Crippen molar-refractivity contribution in [2.24, 2.45) is 5.92 Å². The topological polar surface area (TPSA) is 9.72 Å². The Morgan fingerprint density at radius 1 is 0.864 bits per heavy atom. The summed E-state index contributed by atoms with van der Waals surface area (Å²) < 4.78 is 0. The second-order valence-corrected chi connectivity index (χ2v) is 8.70. The molecule has 0 bridgehead atoms. The van der Waals surface area contributed by atoms with Crippen LogP contribution in [-0.4, -0.2) is 71.6 Å². The third kappa shape index (κ3) is 3.37. The van der Waals surface area contributed by atoms with Crippen molar-refractivity contribution in [3.8, 4) is 0 Å². The smallest absolute Gasteiger partial charge is 0.0463 e. The molecular formula is C19H37N3. The van der Waals surface area contributed by atoms with Gasteiger partial charge >= 0.3 is 0 Å². The van der Waals surface area contributed by atoms with E-state index in [1.54, 1.807) is 0 Å². The van der Waals surface area contributed by atoms with E-state index >= 15 is 0 Å². The van der Waals surface area contributed by atoms with Gasteiger partial charge in [0.2, 0.25) is 0 Å². The van der Waals surface area contributed by atoms with Gasteiger partial charge < -0.3 is 4.90 Å². The van der Waals surface area contributed by atoms with E-state index in [0.717, 1.165) is 18.0 Å². The summed E-state index contributed by atoms with van der Waals surface area (Å²) in [6.07, 6.45) is 7.15. The summed E-state index contributed by atoms with van der Waals surface area (Å²) in [7, 11) is 0. The van der Waals surface area contributed by atoms with Gasteiger partial charge in [0.15, 0.2) is 0 Å². The molecule has 3 heterocycles. The molecule has 3 aliphatic rings. The van der Waals surface area contributed by atoms with Crippen LogP contribution in [0.3, 0.4) is 0 Å². The monoisotopic (exact) mass is 307 g/mol. The van der Waals surface area contributed by atoms with Gasteiger partial charge in [0, 0.05) is 37.3 Å². The minimum Gasteiger partial charge on any atom is -0.301 e. The van der Waals surface area contributed by atoms with Crippen LogP contribution in [0.15, 0.2) is 0 Å². The first kappa shape index (κ1) is 16.7. The van der Waals surface area contributed by atoms with Crippen LogP contribution in [-0.2, 0) is 0 Å². The maximum Gasteiger partial charge on any atom is 0.0463 e. The molecule has 3 rings (SSSR count). The highest BCUT2D eigenvalue weighted by Crippen LogP contribution is 2.38. The summed E-state index contributed by atoms with van der Waals surface area (Å²) in [5, 5.41) is 0. The lowest BCUT2D eigenvalue weighted by Crippen LogP contribution is -2.73. The lowest BCUT2D eigenvalue weighted by Gasteiger charge is -2.60. The molecule has 0 amide bonds. The van der Waals surface area contributed by atoms with Crippen LogP contribution in [0.1, 0.15) is 59.8 Å². The van der Waals surface area contributed by atoms with Crippen LogP contribution in [0, 0.1) is 5.92 Å². The van der Waals surface area contributed by atoms with Crippen LogP contribution in [0.5, 0.6) is 0 Å². The maximum atomic E-state index is 2.91. The van der Waals surface area contributed by atoms with Crippen LogP contribution in [0.2, 0.25) is 0 Å². The molecule has 0 N–H and O–H groups in total. The van der Waals surface area contributed by atoms with E-state index in [1.165, 1.54) is 71.4 Å². The second-order valence-electron chi connectivity index (χ2n) is 8.70. The summed E-state index contributed by atoms with van der Waals surface area (Å²) in [5.74, 6) is 0.943. The standard InChI is InChI=1S/C19H37N3/c1-16(2)20-11-7-18(8-12-20)13-22-10-6-5-9-19(22)14-21(15-19)17(3)4/h16-18H,5-15H2,1-4H3. The molecule has 3 nitrogen and oxygen atoms in total. The van der Waals surface area contributed by atoms with Crippen molar-refractivity contribution >= 4 is 0 Å². The predicted octanol–water partition coefficient (Wildman–Crippen LogP) is 3.06. The number of hydrogen-bond donors (Lipinski definition) is 0. The van der Waals surface area contributed by atoms with Crippen molar-refractivity contribution < 1.29 is 0 Å². The first-order chi connectivity index (χ1) is 10.5. The highest BCUT2D eigenvalue weighted by Gasteiger charge is 2.49. The first-order valence-corrected chi connectivity index (χ1v) is 9.73. The van der Waals surface area contributed by atoms with Crippen LogP contribution in [0.4, 0.5) is 0 Å². The summed E-state index contributed by atoms with van der Waals surface area (Å²) in [4.78, 5) is 8.23. The van der Waals surface area contributed by atoms with Gasteiger partial charge in [-0.1, -0.05) is 6.42 Å². The van der Waals surface area contributed by atoms with Gasteiger partial charge in [-0.15, -0.1) is 0 Å². The lowest BCUT2D eigenvalue weighted by molar-refractivity contribution is -0.0976. The maximum absolute atomic E-state index is 2.91. The molecule has 0 unspecified atom stereocenters. The molecule has 3 saturated heterocycles. The molecule has 3 fully saturated rings. The fourth-order valence-electron chi connectivity index (χ4n) is 4.83. The van der Waals surface area contributed by atoms with Gasteiger partial charge in [-0.3, -0.25) is 9.80 Å². The van der Waals surface area contributed by atoms with Crippen molar-refractivity contribution in [3.63, 3.8) is 0 Å². The van der Waals surface area contributed by atoms with E-state index in [-0.39, 0.29) is 0 Å². The van der Waals surface area contributed by atoms with E-state index in [1.807, 2.05) is 0 Å². The average molecular weight is 308 g/mol. The number of hydrogen-bond acceptors (Lipinski definition) is 3. The molecule has 1 spiro atoms. The minimum atomic E-state index is 0.553. The summed E-state index contributed by atoms with van der Waals surface area (Å²) in [6, 6.07) is 1.46. The molecule has 22 heavy (non-hydrogen) atoms. The molecule has 0 aliphatic carbocycles. The zero-order valence-corrected chi connectivity index (χ0v) is 15.4. The highest BCUT2D eigenvalue weighted by molar-refractivity contribution is 5.06. The molecule has 0 radical (unpaired) electrons. The lowest BCUT2D eigenvalue weighted by atomic mass is 9.78. The zero-order chi connectivity index (χ0) is 15.7. The molecule has 0 saturated carbocycles. The van der Waals surface area contributed by atoms with E-state index in [0.29, 0.717) is 5.54 Å². The minimum absolute atomic E-state index is 0.553. The molecular weight excluding hydrogens is 270 g/mol. The average Bonchev–Trinajstić information content (AvgIpc) is 2.46.